The van der Waals surface area contributed by atoms with E-state index in [0.717, 1.165) is 15.6 Å². The minimum atomic E-state index is -0.195. The second-order valence-electron chi connectivity index (χ2n) is 5.61. The van der Waals surface area contributed by atoms with Crippen LogP contribution in [0.2, 0.25) is 5.02 Å². The SMILES string of the molecule is O=C(NCCc1nnc(-c2ccccc2)o1)c1sc2ccccc2c1Cl. The lowest BCUT2D eigenvalue weighted by Gasteiger charge is -2.01. The number of hydrogen-bond donors (Lipinski definition) is 1. The Morgan fingerprint density at radius 1 is 1.08 bits per heavy atom. The van der Waals surface area contributed by atoms with E-state index in [1.807, 2.05) is 54.6 Å². The van der Waals surface area contributed by atoms with E-state index in [-0.39, 0.29) is 5.91 Å². The smallest absolute Gasteiger partial charge is 0.262 e. The Kier molecular flexibility index (Phi) is 4.69. The molecule has 1 amide bonds. The monoisotopic (exact) mass is 383 g/mol. The number of benzene rings is 2. The zero-order valence-corrected chi connectivity index (χ0v) is 15.2. The van der Waals surface area contributed by atoms with Crippen LogP contribution in [0.3, 0.4) is 0 Å². The summed E-state index contributed by atoms with van der Waals surface area (Å²) in [5.74, 6) is 0.755. The van der Waals surface area contributed by atoms with Crippen molar-refractivity contribution >= 4 is 38.9 Å². The molecule has 4 aromatic rings. The lowest BCUT2D eigenvalue weighted by atomic mass is 10.2. The van der Waals surface area contributed by atoms with E-state index in [0.29, 0.717) is 34.6 Å². The summed E-state index contributed by atoms with van der Waals surface area (Å²) in [6, 6.07) is 17.3. The fraction of sp³-hybridized carbons (Fsp3) is 0.105. The number of rotatable bonds is 5. The molecule has 130 valence electrons. The number of amides is 1. The molecule has 0 unspecified atom stereocenters. The number of thiophene rings is 1. The quantitative estimate of drug-likeness (QED) is 0.547. The summed E-state index contributed by atoms with van der Waals surface area (Å²) >= 11 is 7.71. The van der Waals surface area contributed by atoms with E-state index in [4.69, 9.17) is 16.0 Å². The molecule has 7 heteroatoms. The van der Waals surface area contributed by atoms with Crippen LogP contribution in [0.4, 0.5) is 0 Å². The molecule has 0 spiro atoms. The maximum atomic E-state index is 12.4. The van der Waals surface area contributed by atoms with E-state index in [9.17, 15) is 4.79 Å². The summed E-state index contributed by atoms with van der Waals surface area (Å²) in [6.45, 7) is 0.389. The molecule has 0 aliphatic rings. The minimum Gasteiger partial charge on any atom is -0.421 e. The Morgan fingerprint density at radius 3 is 2.65 bits per heavy atom. The van der Waals surface area contributed by atoms with E-state index >= 15 is 0 Å². The van der Waals surface area contributed by atoms with E-state index in [2.05, 4.69) is 15.5 Å². The zero-order valence-electron chi connectivity index (χ0n) is 13.6. The van der Waals surface area contributed by atoms with Crippen LogP contribution in [-0.2, 0) is 6.42 Å². The second kappa shape index (κ2) is 7.27. The van der Waals surface area contributed by atoms with Gasteiger partial charge in [0.15, 0.2) is 0 Å². The van der Waals surface area contributed by atoms with Crippen molar-refractivity contribution in [2.45, 2.75) is 6.42 Å². The van der Waals surface area contributed by atoms with Gasteiger partial charge >= 0.3 is 0 Å². The zero-order chi connectivity index (χ0) is 17.9. The molecular weight excluding hydrogens is 370 g/mol. The topological polar surface area (TPSA) is 68.0 Å². The van der Waals surface area contributed by atoms with Gasteiger partial charge in [-0.1, -0.05) is 48.0 Å². The van der Waals surface area contributed by atoms with Gasteiger partial charge in [0, 0.05) is 28.6 Å². The van der Waals surface area contributed by atoms with Crippen LogP contribution in [0.5, 0.6) is 0 Å². The molecule has 0 bridgehead atoms. The average molecular weight is 384 g/mol. The molecule has 2 aromatic heterocycles. The maximum Gasteiger partial charge on any atom is 0.262 e. The van der Waals surface area contributed by atoms with E-state index < -0.39 is 0 Å². The minimum absolute atomic E-state index is 0.195. The van der Waals surface area contributed by atoms with Crippen LogP contribution in [0.25, 0.3) is 21.5 Å². The first-order valence-electron chi connectivity index (χ1n) is 8.05. The molecule has 0 fully saturated rings. The largest absolute Gasteiger partial charge is 0.421 e. The molecule has 2 aromatic carbocycles. The van der Waals surface area contributed by atoms with Crippen molar-refractivity contribution in [3.63, 3.8) is 0 Å². The first kappa shape index (κ1) is 16.8. The third-order valence-electron chi connectivity index (χ3n) is 3.85. The second-order valence-corrected chi connectivity index (χ2v) is 7.04. The van der Waals surface area contributed by atoms with Gasteiger partial charge in [0.05, 0.1) is 5.02 Å². The van der Waals surface area contributed by atoms with Crippen LogP contribution >= 0.6 is 22.9 Å². The Labute approximate surface area is 158 Å². The third-order valence-corrected chi connectivity index (χ3v) is 5.53. The van der Waals surface area contributed by atoms with Crippen molar-refractivity contribution < 1.29 is 9.21 Å². The van der Waals surface area contributed by atoms with Gasteiger partial charge in [-0.15, -0.1) is 21.5 Å². The van der Waals surface area contributed by atoms with Crippen molar-refractivity contribution in [1.82, 2.24) is 15.5 Å². The number of carbonyl (C=O) groups excluding carboxylic acids is 1. The number of aromatic nitrogens is 2. The molecular formula is C19H14ClN3O2S. The van der Waals surface area contributed by atoms with Crippen molar-refractivity contribution in [1.29, 1.82) is 0 Å². The number of hydrogen-bond acceptors (Lipinski definition) is 5. The predicted molar refractivity (Wildman–Crippen MR) is 103 cm³/mol. The summed E-state index contributed by atoms with van der Waals surface area (Å²) in [4.78, 5) is 12.9. The summed E-state index contributed by atoms with van der Waals surface area (Å²) in [5, 5.41) is 12.3. The molecule has 0 aliphatic carbocycles. The number of halogens is 1. The molecule has 26 heavy (non-hydrogen) atoms. The normalized spacial score (nSPS) is 11.0. The van der Waals surface area contributed by atoms with Crippen molar-refractivity contribution in [3.05, 3.63) is 70.4 Å². The fourth-order valence-electron chi connectivity index (χ4n) is 2.58. The summed E-state index contributed by atoms with van der Waals surface area (Å²) in [5.41, 5.74) is 0.868. The highest BCUT2D eigenvalue weighted by Gasteiger charge is 2.17. The van der Waals surface area contributed by atoms with Crippen LogP contribution in [-0.4, -0.2) is 22.6 Å². The fourth-order valence-corrected chi connectivity index (χ4v) is 4.01. The summed E-state index contributed by atoms with van der Waals surface area (Å²) in [7, 11) is 0. The highest BCUT2D eigenvalue weighted by Crippen LogP contribution is 2.34. The number of nitrogens with one attached hydrogen (secondary N) is 1. The van der Waals surface area contributed by atoms with Gasteiger partial charge in [-0.2, -0.15) is 0 Å². The third kappa shape index (κ3) is 3.34. The van der Waals surface area contributed by atoms with Gasteiger partial charge < -0.3 is 9.73 Å². The number of carbonyl (C=O) groups is 1. The van der Waals surface area contributed by atoms with Crippen molar-refractivity contribution in [2.75, 3.05) is 6.54 Å². The molecule has 0 radical (unpaired) electrons. The molecule has 0 saturated carbocycles. The van der Waals surface area contributed by atoms with Crippen LogP contribution in [0.1, 0.15) is 15.6 Å². The number of nitrogens with zero attached hydrogens (tertiary/aromatic N) is 2. The van der Waals surface area contributed by atoms with Gasteiger partial charge in [-0.25, -0.2) is 0 Å². The van der Waals surface area contributed by atoms with Gasteiger partial charge in [0.2, 0.25) is 11.8 Å². The first-order valence-corrected chi connectivity index (χ1v) is 9.25. The Bertz CT molecular complexity index is 1060. The van der Waals surface area contributed by atoms with Crippen LogP contribution in [0, 0.1) is 0 Å². The summed E-state index contributed by atoms with van der Waals surface area (Å²) < 4.78 is 6.62. The van der Waals surface area contributed by atoms with Gasteiger partial charge in [0.1, 0.15) is 4.88 Å². The van der Waals surface area contributed by atoms with Gasteiger partial charge in [0.25, 0.3) is 5.91 Å². The predicted octanol–water partition coefficient (Wildman–Crippen LogP) is 4.58. The van der Waals surface area contributed by atoms with Gasteiger partial charge in [-0.3, -0.25) is 4.79 Å². The molecule has 1 N–H and O–H groups in total. The molecule has 0 saturated heterocycles. The van der Waals surface area contributed by atoms with Crippen molar-refractivity contribution in [3.8, 4) is 11.5 Å². The first-order chi connectivity index (χ1) is 12.7. The molecule has 5 nitrogen and oxygen atoms in total. The number of fused-ring (bicyclic) bond motifs is 1. The van der Waals surface area contributed by atoms with E-state index in [1.165, 1.54) is 11.3 Å². The highest BCUT2D eigenvalue weighted by atomic mass is 35.5. The Hall–Kier alpha value is -2.70. The van der Waals surface area contributed by atoms with Crippen molar-refractivity contribution in [2.24, 2.45) is 0 Å². The Balaban J connectivity index is 1.39. The molecule has 0 atom stereocenters. The highest BCUT2D eigenvalue weighted by molar-refractivity contribution is 7.21. The Morgan fingerprint density at radius 2 is 1.85 bits per heavy atom. The maximum absolute atomic E-state index is 12.4. The summed E-state index contributed by atoms with van der Waals surface area (Å²) in [6.07, 6.45) is 0.452. The molecule has 4 rings (SSSR count). The lowest BCUT2D eigenvalue weighted by molar-refractivity contribution is 0.0958. The molecule has 2 heterocycles. The average Bonchev–Trinajstić information content (AvgIpc) is 3.28. The standard InChI is InChI=1S/C19H14ClN3O2S/c20-16-13-8-4-5-9-14(13)26-17(16)18(24)21-11-10-15-22-23-19(25-15)12-6-2-1-3-7-12/h1-9H,10-11H2,(H,21,24). The van der Waals surface area contributed by atoms with Crippen LogP contribution < -0.4 is 5.32 Å². The lowest BCUT2D eigenvalue weighted by Crippen LogP contribution is -2.25. The van der Waals surface area contributed by atoms with Crippen LogP contribution in [0.15, 0.2) is 59.0 Å². The van der Waals surface area contributed by atoms with E-state index in [1.54, 1.807) is 0 Å². The molecule has 0 aliphatic heterocycles. The van der Waals surface area contributed by atoms with Gasteiger partial charge in [-0.05, 0) is 18.2 Å².